The van der Waals surface area contributed by atoms with Crippen LogP contribution in [0, 0.1) is 0 Å². The number of hydrogen-bond acceptors (Lipinski definition) is 3. The Morgan fingerprint density at radius 2 is 1.81 bits per heavy atom. The van der Waals surface area contributed by atoms with E-state index in [0.717, 1.165) is 18.7 Å². The molecule has 0 atom stereocenters. The highest BCUT2D eigenvalue weighted by Gasteiger charge is 2.21. The first-order chi connectivity index (χ1) is 10.0. The van der Waals surface area contributed by atoms with E-state index < -0.39 is 0 Å². The molecule has 0 spiro atoms. The average Bonchev–Trinajstić information content (AvgIpc) is 2.46. The van der Waals surface area contributed by atoms with Crippen LogP contribution in [0.5, 0.6) is 0 Å². The number of para-hydroxylation sites is 1. The van der Waals surface area contributed by atoms with Gasteiger partial charge in [0, 0.05) is 32.9 Å². The Kier molecular flexibility index (Phi) is 6.72. The Balaban J connectivity index is 2.97. The minimum absolute atomic E-state index is 0.0715. The van der Waals surface area contributed by atoms with E-state index in [1.165, 1.54) is 4.90 Å². The summed E-state index contributed by atoms with van der Waals surface area (Å²) in [6.07, 6.45) is 0.815. The van der Waals surface area contributed by atoms with Gasteiger partial charge in [0.25, 0.3) is 5.91 Å². The van der Waals surface area contributed by atoms with Crippen molar-refractivity contribution in [2.24, 2.45) is 0 Å². The molecule has 21 heavy (non-hydrogen) atoms. The smallest absolute Gasteiger partial charge is 0.256 e. The first-order valence-electron chi connectivity index (χ1n) is 7.33. The van der Waals surface area contributed by atoms with Crippen molar-refractivity contribution in [3.8, 4) is 0 Å². The molecule has 116 valence electrons. The van der Waals surface area contributed by atoms with Gasteiger partial charge in [-0.25, -0.2) is 0 Å². The third-order valence-corrected chi connectivity index (χ3v) is 3.13. The fraction of sp³-hybridized carbons (Fsp3) is 0.500. The molecule has 1 N–H and O–H groups in total. The van der Waals surface area contributed by atoms with Crippen LogP contribution in [0.25, 0.3) is 0 Å². The molecule has 5 heteroatoms. The van der Waals surface area contributed by atoms with E-state index in [9.17, 15) is 9.59 Å². The van der Waals surface area contributed by atoms with E-state index in [0.29, 0.717) is 12.1 Å². The monoisotopic (exact) mass is 291 g/mol. The lowest BCUT2D eigenvalue weighted by Gasteiger charge is -2.24. The van der Waals surface area contributed by atoms with Gasteiger partial charge in [0.15, 0.2) is 0 Å². The summed E-state index contributed by atoms with van der Waals surface area (Å²) in [6.45, 7) is 5.41. The second-order valence-corrected chi connectivity index (χ2v) is 5.09. The van der Waals surface area contributed by atoms with E-state index in [2.05, 4.69) is 5.32 Å². The average molecular weight is 291 g/mol. The number of likely N-dealkylation sites (N-methyl/N-ethyl adjacent to an activating group) is 1. The molecule has 1 aromatic carbocycles. The van der Waals surface area contributed by atoms with E-state index in [-0.39, 0.29) is 18.4 Å². The number of carbonyl (C=O) groups excluding carboxylic acids is 2. The number of nitrogens with one attached hydrogen (secondary N) is 1. The number of rotatable bonds is 7. The number of carbonyl (C=O) groups is 2. The van der Waals surface area contributed by atoms with Gasteiger partial charge >= 0.3 is 0 Å². The lowest BCUT2D eigenvalue weighted by molar-refractivity contribution is -0.129. The van der Waals surface area contributed by atoms with Gasteiger partial charge < -0.3 is 15.1 Å². The minimum atomic E-state index is -0.108. The fourth-order valence-electron chi connectivity index (χ4n) is 2.01. The zero-order valence-corrected chi connectivity index (χ0v) is 13.3. The molecule has 0 heterocycles. The van der Waals surface area contributed by atoms with Crippen molar-refractivity contribution in [3.63, 3.8) is 0 Å². The van der Waals surface area contributed by atoms with Crippen LogP contribution < -0.4 is 5.32 Å². The van der Waals surface area contributed by atoms with Crippen molar-refractivity contribution < 1.29 is 9.59 Å². The molecule has 0 aromatic heterocycles. The first-order valence-corrected chi connectivity index (χ1v) is 7.33. The molecule has 0 saturated carbocycles. The van der Waals surface area contributed by atoms with Crippen LogP contribution >= 0.6 is 0 Å². The van der Waals surface area contributed by atoms with Gasteiger partial charge in [-0.05, 0) is 25.5 Å². The molecular weight excluding hydrogens is 266 g/mol. The Labute approximate surface area is 126 Å². The van der Waals surface area contributed by atoms with Crippen molar-refractivity contribution >= 4 is 17.5 Å². The van der Waals surface area contributed by atoms with Crippen molar-refractivity contribution in [2.45, 2.75) is 20.3 Å². The van der Waals surface area contributed by atoms with Gasteiger partial charge in [-0.2, -0.15) is 0 Å². The summed E-state index contributed by atoms with van der Waals surface area (Å²) in [5, 5.41) is 3.19. The second kappa shape index (κ2) is 8.29. The highest BCUT2D eigenvalue weighted by Crippen LogP contribution is 2.17. The normalized spacial score (nSPS) is 10.1. The number of nitrogens with zero attached hydrogens (tertiary/aromatic N) is 2. The van der Waals surface area contributed by atoms with E-state index in [1.54, 1.807) is 25.1 Å². The zero-order chi connectivity index (χ0) is 15.8. The first kappa shape index (κ1) is 17.0. The predicted octanol–water partition coefficient (Wildman–Crippen LogP) is 2.06. The van der Waals surface area contributed by atoms with Crippen molar-refractivity contribution in [3.05, 3.63) is 29.8 Å². The zero-order valence-electron chi connectivity index (χ0n) is 13.3. The van der Waals surface area contributed by atoms with E-state index >= 15 is 0 Å². The van der Waals surface area contributed by atoms with Crippen LogP contribution in [0.4, 0.5) is 5.69 Å². The van der Waals surface area contributed by atoms with Crippen LogP contribution in [0.2, 0.25) is 0 Å². The van der Waals surface area contributed by atoms with Crippen LogP contribution in [-0.4, -0.2) is 55.3 Å². The fourth-order valence-corrected chi connectivity index (χ4v) is 2.01. The summed E-state index contributed by atoms with van der Waals surface area (Å²) in [6, 6.07) is 7.41. The van der Waals surface area contributed by atoms with Crippen molar-refractivity contribution in [1.82, 2.24) is 9.80 Å². The molecule has 1 rings (SSSR count). The third-order valence-electron chi connectivity index (χ3n) is 3.13. The van der Waals surface area contributed by atoms with Gasteiger partial charge in [0.2, 0.25) is 5.91 Å². The largest absolute Gasteiger partial charge is 0.385 e. The number of amides is 2. The lowest BCUT2D eigenvalue weighted by Crippen LogP contribution is -2.40. The van der Waals surface area contributed by atoms with Gasteiger partial charge in [-0.1, -0.05) is 19.1 Å². The highest BCUT2D eigenvalue weighted by molar-refractivity contribution is 6.01. The Morgan fingerprint density at radius 1 is 1.14 bits per heavy atom. The summed E-state index contributed by atoms with van der Waals surface area (Å²) in [5.41, 5.74) is 1.42. The maximum Gasteiger partial charge on any atom is 0.256 e. The minimum Gasteiger partial charge on any atom is -0.385 e. The quantitative estimate of drug-likeness (QED) is 0.836. The Morgan fingerprint density at radius 3 is 2.38 bits per heavy atom. The Bertz CT molecular complexity index is 486. The molecule has 0 aliphatic heterocycles. The highest BCUT2D eigenvalue weighted by atomic mass is 16.2. The van der Waals surface area contributed by atoms with Gasteiger partial charge in [0.05, 0.1) is 5.56 Å². The summed E-state index contributed by atoms with van der Waals surface area (Å²) >= 11 is 0. The van der Waals surface area contributed by atoms with Crippen LogP contribution in [0.15, 0.2) is 24.3 Å². The molecular formula is C16H25N3O2. The molecule has 0 fully saturated rings. The molecule has 2 amide bonds. The molecule has 5 nitrogen and oxygen atoms in total. The van der Waals surface area contributed by atoms with Crippen LogP contribution in [-0.2, 0) is 4.79 Å². The topological polar surface area (TPSA) is 52.7 Å². The predicted molar refractivity (Wildman–Crippen MR) is 85.5 cm³/mol. The molecule has 1 aromatic rings. The Hall–Kier alpha value is -2.04. The van der Waals surface area contributed by atoms with Crippen molar-refractivity contribution in [1.29, 1.82) is 0 Å². The molecule has 0 aliphatic carbocycles. The summed E-state index contributed by atoms with van der Waals surface area (Å²) in [5.74, 6) is -0.179. The van der Waals surface area contributed by atoms with E-state index in [4.69, 9.17) is 0 Å². The van der Waals surface area contributed by atoms with Gasteiger partial charge in [0.1, 0.15) is 6.54 Å². The third kappa shape index (κ3) is 4.77. The SMILES string of the molecule is CCCN(CC(=O)N(C)C)C(=O)c1ccccc1NCC. The van der Waals surface area contributed by atoms with Crippen LogP contribution in [0.3, 0.4) is 0 Å². The van der Waals surface area contributed by atoms with Crippen LogP contribution in [0.1, 0.15) is 30.6 Å². The molecule has 0 saturated heterocycles. The standard InChI is InChI=1S/C16H25N3O2/c1-5-11-19(12-15(20)18(3)4)16(21)13-9-7-8-10-14(13)17-6-2/h7-10,17H,5-6,11-12H2,1-4H3. The summed E-state index contributed by atoms with van der Waals surface area (Å²) in [4.78, 5) is 27.7. The lowest BCUT2D eigenvalue weighted by atomic mass is 10.1. The summed E-state index contributed by atoms with van der Waals surface area (Å²) < 4.78 is 0. The molecule has 0 unspecified atom stereocenters. The van der Waals surface area contributed by atoms with Gasteiger partial charge in [-0.3, -0.25) is 9.59 Å². The number of hydrogen-bond donors (Lipinski definition) is 1. The second-order valence-electron chi connectivity index (χ2n) is 5.09. The van der Waals surface area contributed by atoms with Gasteiger partial charge in [-0.15, -0.1) is 0 Å². The molecule has 0 aliphatic rings. The van der Waals surface area contributed by atoms with Crippen molar-refractivity contribution in [2.75, 3.05) is 39.0 Å². The summed E-state index contributed by atoms with van der Waals surface area (Å²) in [7, 11) is 3.40. The maximum atomic E-state index is 12.7. The molecule has 0 bridgehead atoms. The number of anilines is 1. The number of benzene rings is 1. The molecule has 0 radical (unpaired) electrons. The maximum absolute atomic E-state index is 12.7. The van der Waals surface area contributed by atoms with E-state index in [1.807, 2.05) is 32.0 Å².